The number of hydrogen-bond donors (Lipinski definition) is 0. The van der Waals surface area contributed by atoms with E-state index in [0.717, 1.165) is 67.9 Å². The average molecular weight is 571 g/mol. The van der Waals surface area contributed by atoms with Gasteiger partial charge in [-0.3, -0.25) is 14.4 Å². The van der Waals surface area contributed by atoms with Crippen LogP contribution in [0.25, 0.3) is 11.1 Å². The summed E-state index contributed by atoms with van der Waals surface area (Å²) >= 11 is 0. The number of Topliss-reactive ketones (excluding diaryl/α,β-unsaturated/α-hetero) is 3. The number of carbonyl (C=O) groups excluding carboxylic acids is 3. The summed E-state index contributed by atoms with van der Waals surface area (Å²) in [7, 11) is 0. The molecule has 1 saturated carbocycles. The Labute approximate surface area is 255 Å². The molecule has 0 saturated heterocycles. The second-order valence-corrected chi connectivity index (χ2v) is 13.8. The third kappa shape index (κ3) is 7.69. The highest BCUT2D eigenvalue weighted by atomic mass is 16.1. The van der Waals surface area contributed by atoms with Crippen molar-refractivity contribution in [2.24, 2.45) is 29.6 Å². The van der Waals surface area contributed by atoms with Gasteiger partial charge in [0.05, 0.1) is 6.42 Å². The van der Waals surface area contributed by atoms with E-state index >= 15 is 0 Å². The summed E-state index contributed by atoms with van der Waals surface area (Å²) < 4.78 is 0. The van der Waals surface area contributed by atoms with Gasteiger partial charge in [0.15, 0.2) is 5.78 Å². The Bertz CT molecular complexity index is 1260. The molecule has 2 aromatic carbocycles. The molecule has 3 atom stereocenters. The monoisotopic (exact) mass is 570 g/mol. The lowest BCUT2D eigenvalue weighted by atomic mass is 9.71. The quantitative estimate of drug-likeness (QED) is 0.225. The van der Waals surface area contributed by atoms with Crippen LogP contribution < -0.4 is 0 Å². The number of hydrogen-bond acceptors (Lipinski definition) is 3. The SMILES string of the molecule is CCCC(CC1CC(=O)c2c(C)ccc(-c3ccc(CC)c(CC4CCC(C)CC4)c3)c2C1)C(CC)C(=O)CC(C)=O. The van der Waals surface area contributed by atoms with E-state index in [1.165, 1.54) is 60.4 Å². The molecule has 1 fully saturated rings. The lowest BCUT2D eigenvalue weighted by molar-refractivity contribution is -0.129. The number of ketones is 3. The largest absolute Gasteiger partial charge is 0.300 e. The second kappa shape index (κ2) is 14.8. The fourth-order valence-electron chi connectivity index (χ4n) is 8.18. The van der Waals surface area contributed by atoms with Crippen LogP contribution >= 0.6 is 0 Å². The zero-order valence-electron chi connectivity index (χ0n) is 27.2. The van der Waals surface area contributed by atoms with E-state index in [1.54, 1.807) is 0 Å². The summed E-state index contributed by atoms with van der Waals surface area (Å²) in [5.74, 6) is 2.25. The van der Waals surface area contributed by atoms with Gasteiger partial charge in [0.25, 0.3) is 0 Å². The van der Waals surface area contributed by atoms with E-state index in [1.807, 2.05) is 0 Å². The molecule has 2 aliphatic carbocycles. The van der Waals surface area contributed by atoms with Gasteiger partial charge in [-0.2, -0.15) is 0 Å². The molecule has 0 N–H and O–H groups in total. The number of fused-ring (bicyclic) bond motifs is 1. The Hall–Kier alpha value is -2.55. The fraction of sp³-hybridized carbons (Fsp3) is 0.615. The van der Waals surface area contributed by atoms with Gasteiger partial charge in [-0.1, -0.05) is 83.7 Å². The molecule has 3 nitrogen and oxygen atoms in total. The van der Waals surface area contributed by atoms with Crippen LogP contribution in [0.15, 0.2) is 30.3 Å². The van der Waals surface area contributed by atoms with Crippen molar-refractivity contribution >= 4 is 17.3 Å². The van der Waals surface area contributed by atoms with E-state index in [9.17, 15) is 14.4 Å². The maximum Gasteiger partial charge on any atom is 0.163 e. The van der Waals surface area contributed by atoms with Gasteiger partial charge in [-0.15, -0.1) is 0 Å². The molecule has 42 heavy (non-hydrogen) atoms. The number of rotatable bonds is 13. The van der Waals surface area contributed by atoms with E-state index < -0.39 is 0 Å². The third-order valence-corrected chi connectivity index (χ3v) is 10.5. The zero-order valence-corrected chi connectivity index (χ0v) is 27.2. The van der Waals surface area contributed by atoms with Crippen molar-refractivity contribution in [3.8, 4) is 11.1 Å². The molecular formula is C39H54O3. The van der Waals surface area contributed by atoms with E-state index in [4.69, 9.17) is 0 Å². The van der Waals surface area contributed by atoms with Gasteiger partial charge in [0, 0.05) is 17.9 Å². The minimum atomic E-state index is -0.103. The lowest BCUT2D eigenvalue weighted by Crippen LogP contribution is -2.30. The minimum absolute atomic E-state index is 0.0322. The van der Waals surface area contributed by atoms with Crippen molar-refractivity contribution in [1.29, 1.82) is 0 Å². The molecule has 3 unspecified atom stereocenters. The van der Waals surface area contributed by atoms with Crippen molar-refractivity contribution in [2.45, 2.75) is 125 Å². The minimum Gasteiger partial charge on any atom is -0.300 e. The number of carbonyl (C=O) groups is 3. The Balaban J connectivity index is 1.64. The summed E-state index contributed by atoms with van der Waals surface area (Å²) in [5.41, 5.74) is 8.60. The van der Waals surface area contributed by atoms with Crippen molar-refractivity contribution in [3.63, 3.8) is 0 Å². The van der Waals surface area contributed by atoms with Gasteiger partial charge in [-0.05, 0) is 116 Å². The predicted molar refractivity (Wildman–Crippen MR) is 174 cm³/mol. The van der Waals surface area contributed by atoms with Gasteiger partial charge < -0.3 is 0 Å². The first-order valence-electron chi connectivity index (χ1n) is 16.9. The van der Waals surface area contributed by atoms with E-state index in [-0.39, 0.29) is 41.5 Å². The number of aryl methyl sites for hydroxylation is 2. The van der Waals surface area contributed by atoms with Gasteiger partial charge in [0.1, 0.15) is 11.6 Å². The number of benzene rings is 2. The molecule has 2 aliphatic rings. The van der Waals surface area contributed by atoms with Crippen molar-refractivity contribution in [1.82, 2.24) is 0 Å². The molecule has 0 radical (unpaired) electrons. The first kappa shape index (κ1) is 32.4. The highest BCUT2D eigenvalue weighted by Crippen LogP contribution is 2.41. The van der Waals surface area contributed by atoms with Crippen LogP contribution in [0.4, 0.5) is 0 Å². The van der Waals surface area contributed by atoms with Crippen LogP contribution in [0.2, 0.25) is 0 Å². The van der Waals surface area contributed by atoms with Crippen LogP contribution in [0.1, 0.15) is 131 Å². The molecule has 3 heteroatoms. The normalized spacial score (nSPS) is 22.0. The van der Waals surface area contributed by atoms with Crippen molar-refractivity contribution < 1.29 is 14.4 Å². The Morgan fingerprint density at radius 3 is 2.31 bits per heavy atom. The molecule has 0 aromatic heterocycles. The highest BCUT2D eigenvalue weighted by Gasteiger charge is 2.34. The van der Waals surface area contributed by atoms with Crippen molar-refractivity contribution in [3.05, 3.63) is 58.1 Å². The first-order valence-corrected chi connectivity index (χ1v) is 16.9. The molecule has 0 amide bonds. The van der Waals surface area contributed by atoms with Gasteiger partial charge in [-0.25, -0.2) is 0 Å². The summed E-state index contributed by atoms with van der Waals surface area (Å²) in [4.78, 5) is 38.5. The van der Waals surface area contributed by atoms with Gasteiger partial charge >= 0.3 is 0 Å². The smallest absolute Gasteiger partial charge is 0.163 e. The molecule has 228 valence electrons. The maximum absolute atomic E-state index is 13.7. The molecule has 0 aliphatic heterocycles. The molecule has 0 heterocycles. The van der Waals surface area contributed by atoms with Crippen LogP contribution in [0, 0.1) is 36.5 Å². The first-order chi connectivity index (χ1) is 20.1. The summed E-state index contributed by atoms with van der Waals surface area (Å²) in [6.45, 7) is 12.5. The van der Waals surface area contributed by atoms with Crippen LogP contribution in [0.3, 0.4) is 0 Å². The third-order valence-electron chi connectivity index (χ3n) is 10.5. The maximum atomic E-state index is 13.7. The zero-order chi connectivity index (χ0) is 30.4. The Morgan fingerprint density at radius 1 is 0.929 bits per heavy atom. The van der Waals surface area contributed by atoms with Crippen molar-refractivity contribution in [2.75, 3.05) is 0 Å². The molecule has 2 aromatic rings. The lowest BCUT2D eigenvalue weighted by Gasteiger charge is -2.32. The summed E-state index contributed by atoms with van der Waals surface area (Å²) in [6.07, 6.45) is 12.6. The molecular weight excluding hydrogens is 516 g/mol. The Morgan fingerprint density at radius 2 is 1.67 bits per heavy atom. The van der Waals surface area contributed by atoms with Crippen LogP contribution in [-0.4, -0.2) is 17.3 Å². The van der Waals surface area contributed by atoms with Crippen LogP contribution in [-0.2, 0) is 28.9 Å². The second-order valence-electron chi connectivity index (χ2n) is 13.8. The predicted octanol–water partition coefficient (Wildman–Crippen LogP) is 9.72. The van der Waals surface area contributed by atoms with E-state index in [0.29, 0.717) is 6.42 Å². The van der Waals surface area contributed by atoms with Gasteiger partial charge in [0.2, 0.25) is 0 Å². The summed E-state index contributed by atoms with van der Waals surface area (Å²) in [5, 5.41) is 0. The summed E-state index contributed by atoms with van der Waals surface area (Å²) in [6, 6.07) is 11.4. The topological polar surface area (TPSA) is 51.2 Å². The standard InChI is InChI=1S/C39H54O3/c1-7-10-31(34(9-3)37(41)19-27(6)40)21-29-22-36-35(18-13-26(5)39(36)38(42)23-29)32-17-16-30(8-2)33(24-32)20-28-14-11-25(4)12-15-28/h13,16-18,24-25,28-29,31,34H,7-12,14-15,19-23H2,1-6H3. The van der Waals surface area contributed by atoms with Crippen LogP contribution in [0.5, 0.6) is 0 Å². The molecule has 4 rings (SSSR count). The Kier molecular flexibility index (Phi) is 11.4. The highest BCUT2D eigenvalue weighted by molar-refractivity contribution is 6.02. The van der Waals surface area contributed by atoms with E-state index in [2.05, 4.69) is 65.0 Å². The fourth-order valence-corrected chi connectivity index (χ4v) is 8.18. The molecule has 0 spiro atoms. The molecule has 0 bridgehead atoms. The average Bonchev–Trinajstić information content (AvgIpc) is 2.94.